The molecule has 2 rings (SSSR count). The number of nitriles is 1. The number of likely N-dealkylation sites (tertiary alicyclic amines) is 1. The largest absolute Gasteiger partial charge is 0.342 e. The topological polar surface area (TPSA) is 73.2 Å². The Hall–Kier alpha value is -2.35. The molecule has 1 aliphatic rings. The molecule has 1 saturated heterocycles. The van der Waals surface area contributed by atoms with E-state index in [1.165, 1.54) is 0 Å². The number of carbonyl (C=O) groups excluding carboxylic acids is 2. The van der Waals surface area contributed by atoms with Crippen LogP contribution in [-0.2, 0) is 9.59 Å². The number of hydrogen-bond donors (Lipinski definition) is 1. The number of hydrogen-bond acceptors (Lipinski definition) is 3. The van der Waals surface area contributed by atoms with E-state index in [4.69, 9.17) is 5.26 Å². The van der Waals surface area contributed by atoms with E-state index in [2.05, 4.69) is 5.32 Å². The molecule has 0 spiro atoms. The quantitative estimate of drug-likeness (QED) is 0.888. The number of rotatable bonds is 4. The molecule has 1 aliphatic heterocycles. The first-order valence-electron chi connectivity index (χ1n) is 6.27. The van der Waals surface area contributed by atoms with Gasteiger partial charge in [0.2, 0.25) is 11.8 Å². The van der Waals surface area contributed by atoms with Crippen LogP contribution in [0.15, 0.2) is 24.3 Å². The van der Waals surface area contributed by atoms with Crippen molar-refractivity contribution in [2.45, 2.75) is 19.3 Å². The zero-order valence-electron chi connectivity index (χ0n) is 10.6. The maximum absolute atomic E-state index is 11.7. The highest BCUT2D eigenvalue weighted by Gasteiger charge is 2.20. The molecule has 5 heteroatoms. The SMILES string of the molecule is N#Cc1cccc(NC(=O)CCN2CCCC2=O)c1. The van der Waals surface area contributed by atoms with Gasteiger partial charge >= 0.3 is 0 Å². The zero-order chi connectivity index (χ0) is 13.7. The minimum absolute atomic E-state index is 0.124. The maximum Gasteiger partial charge on any atom is 0.226 e. The van der Waals surface area contributed by atoms with Crippen molar-refractivity contribution in [1.82, 2.24) is 4.90 Å². The Labute approximate surface area is 111 Å². The van der Waals surface area contributed by atoms with E-state index < -0.39 is 0 Å². The minimum Gasteiger partial charge on any atom is -0.342 e. The van der Waals surface area contributed by atoms with Gasteiger partial charge in [-0.25, -0.2) is 0 Å². The summed E-state index contributed by atoms with van der Waals surface area (Å²) in [7, 11) is 0. The molecule has 1 N–H and O–H groups in total. The first-order valence-corrected chi connectivity index (χ1v) is 6.27. The van der Waals surface area contributed by atoms with Gasteiger partial charge in [-0.05, 0) is 24.6 Å². The molecule has 2 amide bonds. The molecule has 0 aromatic heterocycles. The van der Waals surface area contributed by atoms with Gasteiger partial charge in [-0.3, -0.25) is 9.59 Å². The first-order chi connectivity index (χ1) is 9.19. The highest BCUT2D eigenvalue weighted by molar-refractivity contribution is 5.91. The van der Waals surface area contributed by atoms with E-state index in [-0.39, 0.29) is 18.2 Å². The summed E-state index contributed by atoms with van der Waals surface area (Å²) in [5.74, 6) is -0.0194. The monoisotopic (exact) mass is 257 g/mol. The van der Waals surface area contributed by atoms with Crippen LogP contribution in [0.1, 0.15) is 24.8 Å². The van der Waals surface area contributed by atoms with Crippen LogP contribution >= 0.6 is 0 Å². The van der Waals surface area contributed by atoms with Gasteiger partial charge in [0, 0.05) is 31.6 Å². The van der Waals surface area contributed by atoms with Crippen LogP contribution in [0.2, 0.25) is 0 Å². The zero-order valence-corrected chi connectivity index (χ0v) is 10.6. The van der Waals surface area contributed by atoms with Crippen molar-refractivity contribution in [3.8, 4) is 6.07 Å². The minimum atomic E-state index is -0.144. The second-order valence-electron chi connectivity index (χ2n) is 4.48. The number of benzene rings is 1. The lowest BCUT2D eigenvalue weighted by Gasteiger charge is -2.14. The van der Waals surface area contributed by atoms with Gasteiger partial charge in [-0.15, -0.1) is 0 Å². The molecule has 0 bridgehead atoms. The van der Waals surface area contributed by atoms with E-state index in [1.807, 2.05) is 6.07 Å². The average molecular weight is 257 g/mol. The summed E-state index contributed by atoms with van der Waals surface area (Å²) in [6, 6.07) is 8.78. The number of nitrogens with zero attached hydrogens (tertiary/aromatic N) is 2. The van der Waals surface area contributed by atoms with Crippen molar-refractivity contribution in [2.75, 3.05) is 18.4 Å². The van der Waals surface area contributed by atoms with Gasteiger partial charge in [-0.1, -0.05) is 6.07 Å². The van der Waals surface area contributed by atoms with Crippen molar-refractivity contribution in [2.24, 2.45) is 0 Å². The highest BCUT2D eigenvalue weighted by Crippen LogP contribution is 2.12. The predicted octanol–water partition coefficient (Wildman–Crippen LogP) is 1.51. The fourth-order valence-electron chi connectivity index (χ4n) is 2.07. The Morgan fingerprint density at radius 2 is 2.32 bits per heavy atom. The third kappa shape index (κ3) is 3.55. The van der Waals surface area contributed by atoms with Crippen molar-refractivity contribution >= 4 is 17.5 Å². The maximum atomic E-state index is 11.7. The summed E-state index contributed by atoms with van der Waals surface area (Å²) in [4.78, 5) is 24.8. The summed E-state index contributed by atoms with van der Waals surface area (Å²) >= 11 is 0. The summed E-state index contributed by atoms with van der Waals surface area (Å²) in [6.07, 6.45) is 1.75. The lowest BCUT2D eigenvalue weighted by atomic mass is 10.2. The Balaban J connectivity index is 1.84. The van der Waals surface area contributed by atoms with Gasteiger partial charge in [0.05, 0.1) is 11.6 Å². The van der Waals surface area contributed by atoms with Gasteiger partial charge in [-0.2, -0.15) is 5.26 Å². The molecular weight excluding hydrogens is 242 g/mol. The second kappa shape index (κ2) is 6.01. The van der Waals surface area contributed by atoms with Crippen LogP contribution in [0.5, 0.6) is 0 Å². The van der Waals surface area contributed by atoms with E-state index >= 15 is 0 Å². The van der Waals surface area contributed by atoms with Crippen LogP contribution in [0.3, 0.4) is 0 Å². The standard InChI is InChI=1S/C14H15N3O2/c15-10-11-3-1-4-12(9-11)16-13(18)6-8-17-7-2-5-14(17)19/h1,3-4,9H,2,5-8H2,(H,16,18). The lowest BCUT2D eigenvalue weighted by molar-refractivity contribution is -0.128. The molecule has 19 heavy (non-hydrogen) atoms. The molecule has 1 aromatic carbocycles. The average Bonchev–Trinajstić information content (AvgIpc) is 2.82. The van der Waals surface area contributed by atoms with Crippen LogP contribution in [0.4, 0.5) is 5.69 Å². The van der Waals surface area contributed by atoms with Crippen molar-refractivity contribution in [3.05, 3.63) is 29.8 Å². The third-order valence-electron chi connectivity index (χ3n) is 3.06. The molecule has 1 fully saturated rings. The fourth-order valence-corrected chi connectivity index (χ4v) is 2.07. The fraction of sp³-hybridized carbons (Fsp3) is 0.357. The number of anilines is 1. The number of nitrogens with one attached hydrogen (secondary N) is 1. The van der Waals surface area contributed by atoms with Gasteiger partial charge in [0.1, 0.15) is 0 Å². The molecule has 0 saturated carbocycles. The Bertz CT molecular complexity index is 534. The predicted molar refractivity (Wildman–Crippen MR) is 70.2 cm³/mol. The van der Waals surface area contributed by atoms with Crippen LogP contribution in [0, 0.1) is 11.3 Å². The molecule has 0 atom stereocenters. The molecular formula is C14H15N3O2. The summed E-state index contributed by atoms with van der Waals surface area (Å²) in [5, 5.41) is 11.5. The first kappa shape index (κ1) is 13.1. The third-order valence-corrected chi connectivity index (χ3v) is 3.06. The van der Waals surface area contributed by atoms with Crippen LogP contribution < -0.4 is 5.32 Å². The van der Waals surface area contributed by atoms with Crippen LogP contribution in [-0.4, -0.2) is 29.8 Å². The smallest absolute Gasteiger partial charge is 0.226 e. The summed E-state index contributed by atoms with van der Waals surface area (Å²) < 4.78 is 0. The van der Waals surface area contributed by atoms with E-state index in [0.29, 0.717) is 24.2 Å². The molecule has 0 aliphatic carbocycles. The number of carbonyl (C=O) groups is 2. The molecule has 1 aromatic rings. The highest BCUT2D eigenvalue weighted by atomic mass is 16.2. The van der Waals surface area contributed by atoms with Crippen molar-refractivity contribution in [1.29, 1.82) is 5.26 Å². The summed E-state index contributed by atoms with van der Waals surface area (Å²) in [5.41, 5.74) is 1.12. The van der Waals surface area contributed by atoms with Crippen molar-refractivity contribution in [3.63, 3.8) is 0 Å². The van der Waals surface area contributed by atoms with Gasteiger partial charge in [0.15, 0.2) is 0 Å². The van der Waals surface area contributed by atoms with Gasteiger partial charge in [0.25, 0.3) is 0 Å². The van der Waals surface area contributed by atoms with Crippen molar-refractivity contribution < 1.29 is 9.59 Å². The number of amides is 2. The molecule has 5 nitrogen and oxygen atoms in total. The van der Waals surface area contributed by atoms with Crippen LogP contribution in [0.25, 0.3) is 0 Å². The second-order valence-corrected chi connectivity index (χ2v) is 4.48. The van der Waals surface area contributed by atoms with Gasteiger partial charge < -0.3 is 10.2 Å². The Kier molecular flexibility index (Phi) is 4.14. The molecule has 1 heterocycles. The van der Waals surface area contributed by atoms with E-state index in [1.54, 1.807) is 29.2 Å². The normalized spacial score (nSPS) is 14.3. The van der Waals surface area contributed by atoms with E-state index in [0.717, 1.165) is 13.0 Å². The molecule has 0 radical (unpaired) electrons. The molecule has 0 unspecified atom stereocenters. The lowest BCUT2D eigenvalue weighted by Crippen LogP contribution is -2.28. The molecule has 98 valence electrons. The Morgan fingerprint density at radius 3 is 3.00 bits per heavy atom. The van der Waals surface area contributed by atoms with E-state index in [9.17, 15) is 9.59 Å². The Morgan fingerprint density at radius 1 is 1.47 bits per heavy atom. The summed E-state index contributed by atoms with van der Waals surface area (Å²) in [6.45, 7) is 1.21.